The van der Waals surface area contributed by atoms with Gasteiger partial charge in [0.15, 0.2) is 0 Å². The van der Waals surface area contributed by atoms with Crippen LogP contribution in [0.1, 0.15) is 43.7 Å². The summed E-state index contributed by atoms with van der Waals surface area (Å²) in [6.07, 6.45) is 4.41. The van der Waals surface area contributed by atoms with E-state index in [4.69, 9.17) is 4.98 Å². The number of anilines is 1. The van der Waals surface area contributed by atoms with Crippen LogP contribution in [0, 0.1) is 0 Å². The van der Waals surface area contributed by atoms with Gasteiger partial charge in [0.25, 0.3) is 0 Å². The Morgan fingerprint density at radius 3 is 2.54 bits per heavy atom. The molecule has 3 aromatic rings. The molecule has 0 spiro atoms. The number of aromatic nitrogens is 3. The number of nitrogens with one attached hydrogen (secondary N) is 2. The first-order valence-corrected chi connectivity index (χ1v) is 12.7. The fourth-order valence-corrected chi connectivity index (χ4v) is 5.17. The van der Waals surface area contributed by atoms with Crippen LogP contribution in [-0.2, 0) is 6.54 Å². The normalized spacial score (nSPS) is 21.6. The summed E-state index contributed by atoms with van der Waals surface area (Å²) in [5.41, 5.74) is 4.28. The van der Waals surface area contributed by atoms with Gasteiger partial charge >= 0.3 is 0 Å². The average molecular weight is 485 g/mol. The maximum atomic E-state index is 12.6. The molecule has 1 saturated heterocycles. The van der Waals surface area contributed by atoms with Gasteiger partial charge in [0.05, 0.1) is 6.10 Å². The van der Waals surface area contributed by atoms with Crippen LogP contribution in [0.15, 0.2) is 36.7 Å². The number of fused-ring (bicyclic) bond motifs is 1. The van der Waals surface area contributed by atoms with E-state index in [2.05, 4.69) is 55.5 Å². The largest absolute Gasteiger partial charge is 0.393 e. The summed E-state index contributed by atoms with van der Waals surface area (Å²) in [6, 6.07) is 8.95. The number of aliphatic hydroxyl groups is 1. The second-order valence-electron chi connectivity index (χ2n) is 9.67. The summed E-state index contributed by atoms with van der Waals surface area (Å²) < 4.78 is 27.3. The van der Waals surface area contributed by atoms with Crippen molar-refractivity contribution in [1.29, 1.82) is 0 Å². The highest BCUT2D eigenvalue weighted by molar-refractivity contribution is 5.94. The molecule has 7 nitrogen and oxygen atoms in total. The van der Waals surface area contributed by atoms with Crippen molar-refractivity contribution in [1.82, 2.24) is 24.8 Å². The molecule has 9 heteroatoms. The lowest BCUT2D eigenvalue weighted by Crippen LogP contribution is -2.42. The van der Waals surface area contributed by atoms with E-state index < -0.39 is 6.43 Å². The Kier molecular flexibility index (Phi) is 7.55. The van der Waals surface area contributed by atoms with Crippen molar-refractivity contribution in [3.8, 4) is 11.1 Å². The Balaban J connectivity index is 1.42. The number of nitrogens with zero attached hydrogens (tertiary/aromatic N) is 4. The molecule has 0 bridgehead atoms. The van der Waals surface area contributed by atoms with Gasteiger partial charge < -0.3 is 20.3 Å². The van der Waals surface area contributed by atoms with Crippen molar-refractivity contribution in [3.63, 3.8) is 0 Å². The van der Waals surface area contributed by atoms with Crippen LogP contribution >= 0.6 is 0 Å². The van der Waals surface area contributed by atoms with E-state index in [0.29, 0.717) is 5.95 Å². The molecule has 0 unspecified atom stereocenters. The predicted octanol–water partition coefficient (Wildman–Crippen LogP) is 4.05. The van der Waals surface area contributed by atoms with Gasteiger partial charge in [0.1, 0.15) is 5.65 Å². The molecule has 188 valence electrons. The van der Waals surface area contributed by atoms with E-state index in [1.54, 1.807) is 6.20 Å². The van der Waals surface area contributed by atoms with Gasteiger partial charge in [-0.05, 0) is 36.8 Å². The molecular formula is C26H34F2N6O. The van der Waals surface area contributed by atoms with Gasteiger partial charge in [-0.2, -0.15) is 4.98 Å². The Morgan fingerprint density at radius 2 is 1.83 bits per heavy atom. The molecule has 1 saturated carbocycles. The van der Waals surface area contributed by atoms with Crippen molar-refractivity contribution in [2.75, 3.05) is 38.0 Å². The molecule has 3 heterocycles. The number of aliphatic hydroxyl groups excluding tert-OH is 1. The summed E-state index contributed by atoms with van der Waals surface area (Å²) in [6.45, 7) is 5.28. The first kappa shape index (κ1) is 24.1. The number of rotatable bonds is 8. The van der Waals surface area contributed by atoms with Crippen LogP contribution in [0.25, 0.3) is 22.2 Å². The van der Waals surface area contributed by atoms with E-state index in [0.717, 1.165) is 80.6 Å². The lowest BCUT2D eigenvalue weighted by molar-refractivity contribution is 0.111. The van der Waals surface area contributed by atoms with E-state index >= 15 is 0 Å². The van der Waals surface area contributed by atoms with E-state index in [-0.39, 0.29) is 25.1 Å². The lowest BCUT2D eigenvalue weighted by atomic mass is 9.93. The van der Waals surface area contributed by atoms with Gasteiger partial charge in [-0.3, -0.25) is 4.90 Å². The van der Waals surface area contributed by atoms with Crippen LogP contribution < -0.4 is 10.6 Å². The maximum Gasteiger partial charge on any atom is 0.240 e. The van der Waals surface area contributed by atoms with E-state index in [9.17, 15) is 13.9 Å². The monoisotopic (exact) mass is 484 g/mol. The van der Waals surface area contributed by atoms with Gasteiger partial charge in [-0.15, -0.1) is 0 Å². The zero-order valence-electron chi connectivity index (χ0n) is 20.0. The van der Waals surface area contributed by atoms with Crippen LogP contribution in [0.4, 0.5) is 14.7 Å². The van der Waals surface area contributed by atoms with Crippen molar-refractivity contribution >= 4 is 17.0 Å². The quantitative estimate of drug-likeness (QED) is 0.448. The summed E-state index contributed by atoms with van der Waals surface area (Å²) >= 11 is 0. The van der Waals surface area contributed by atoms with Gasteiger partial charge in [0.2, 0.25) is 12.4 Å². The third kappa shape index (κ3) is 5.79. The minimum Gasteiger partial charge on any atom is -0.393 e. The zero-order chi connectivity index (χ0) is 24.2. The average Bonchev–Trinajstić information content (AvgIpc) is 3.24. The fourth-order valence-electron chi connectivity index (χ4n) is 5.17. The van der Waals surface area contributed by atoms with Crippen LogP contribution in [0.5, 0.6) is 0 Å². The van der Waals surface area contributed by atoms with Crippen LogP contribution in [-0.4, -0.2) is 69.8 Å². The van der Waals surface area contributed by atoms with Crippen molar-refractivity contribution in [2.45, 2.75) is 57.2 Å². The molecule has 3 N–H and O–H groups in total. The smallest absolute Gasteiger partial charge is 0.240 e. The summed E-state index contributed by atoms with van der Waals surface area (Å²) in [4.78, 5) is 11.6. The van der Waals surface area contributed by atoms with Gasteiger partial charge in [-0.25, -0.2) is 13.8 Å². The molecule has 5 rings (SSSR count). The summed E-state index contributed by atoms with van der Waals surface area (Å²) in [7, 11) is 0. The first-order valence-electron chi connectivity index (χ1n) is 12.7. The molecule has 1 aromatic carbocycles. The Morgan fingerprint density at radius 1 is 1.09 bits per heavy atom. The minimum atomic E-state index is -2.36. The minimum absolute atomic E-state index is 0.126. The molecule has 0 radical (unpaired) electrons. The van der Waals surface area contributed by atoms with E-state index in [1.165, 1.54) is 5.56 Å². The van der Waals surface area contributed by atoms with E-state index in [1.807, 2.05) is 0 Å². The second-order valence-corrected chi connectivity index (χ2v) is 9.67. The number of piperazine rings is 1. The Labute approximate surface area is 204 Å². The molecule has 2 fully saturated rings. The number of hydrogen-bond donors (Lipinski definition) is 3. The number of benzene rings is 1. The highest BCUT2D eigenvalue weighted by Crippen LogP contribution is 2.36. The first-order chi connectivity index (χ1) is 17.1. The van der Waals surface area contributed by atoms with Crippen LogP contribution in [0.2, 0.25) is 0 Å². The molecule has 1 aliphatic carbocycles. The fraction of sp³-hybridized carbons (Fsp3) is 0.538. The second kappa shape index (κ2) is 11.0. The maximum absolute atomic E-state index is 12.6. The standard InChI is InChI=1S/C26H34F2N6O/c27-24(28)9-10-30-26-31-15-22-23(17-34(25(22)32-26)20-5-7-21(35)8-6-20)19-3-1-18(2-4-19)16-33-13-11-29-12-14-33/h1-4,15,17,20-21,24,29,35H,5-14,16H2,(H,30,31,32). The lowest BCUT2D eigenvalue weighted by Gasteiger charge is -2.27. The molecule has 1 aliphatic heterocycles. The highest BCUT2D eigenvalue weighted by atomic mass is 19.3. The number of alkyl halides is 2. The van der Waals surface area contributed by atoms with Crippen molar-refractivity contribution in [3.05, 3.63) is 42.2 Å². The SMILES string of the molecule is OC1CCC(n2cc(-c3ccc(CN4CCNCC4)cc3)c3cnc(NCCC(F)F)nc32)CC1. The molecule has 2 aliphatic rings. The topological polar surface area (TPSA) is 78.2 Å². The zero-order valence-corrected chi connectivity index (χ0v) is 20.0. The Hall–Kier alpha value is -2.62. The number of hydrogen-bond acceptors (Lipinski definition) is 6. The van der Waals surface area contributed by atoms with Crippen LogP contribution in [0.3, 0.4) is 0 Å². The van der Waals surface area contributed by atoms with Crippen molar-refractivity contribution in [2.24, 2.45) is 0 Å². The molecule has 0 amide bonds. The number of halogens is 2. The molecular weight excluding hydrogens is 450 g/mol. The molecule has 2 aromatic heterocycles. The highest BCUT2D eigenvalue weighted by Gasteiger charge is 2.24. The van der Waals surface area contributed by atoms with Crippen molar-refractivity contribution < 1.29 is 13.9 Å². The Bertz CT molecular complexity index is 1100. The van der Waals surface area contributed by atoms with Gasteiger partial charge in [-0.1, -0.05) is 24.3 Å². The predicted molar refractivity (Wildman–Crippen MR) is 134 cm³/mol. The third-order valence-electron chi connectivity index (χ3n) is 7.16. The molecule has 35 heavy (non-hydrogen) atoms. The third-order valence-corrected chi connectivity index (χ3v) is 7.16. The summed E-state index contributed by atoms with van der Waals surface area (Å²) in [5, 5.41) is 17.3. The summed E-state index contributed by atoms with van der Waals surface area (Å²) in [5.74, 6) is 0.367. The molecule has 0 atom stereocenters. The van der Waals surface area contributed by atoms with Gasteiger partial charge in [0, 0.05) is 75.1 Å².